The molecule has 0 bridgehead atoms. The minimum Gasteiger partial charge on any atom is -0.490 e. The SMILES string of the molecule is CCOc1cc(/C=N\NC(=O)c2cc3cc([N+](=O)[O-])ccc3o2)cc(Br)c1OCc1ccc2ccccc2c1. The maximum atomic E-state index is 12.5. The van der Waals surface area contributed by atoms with Gasteiger partial charge in [-0.05, 0) is 75.1 Å². The van der Waals surface area contributed by atoms with E-state index in [4.69, 9.17) is 13.9 Å². The fraction of sp³-hybridized carbons (Fsp3) is 0.103. The molecule has 0 aliphatic carbocycles. The highest BCUT2D eigenvalue weighted by Gasteiger charge is 2.15. The summed E-state index contributed by atoms with van der Waals surface area (Å²) in [6.45, 7) is 2.66. The zero-order valence-electron chi connectivity index (χ0n) is 20.7. The van der Waals surface area contributed by atoms with Crippen LogP contribution in [0, 0.1) is 10.1 Å². The van der Waals surface area contributed by atoms with Crippen molar-refractivity contribution >= 4 is 55.5 Å². The van der Waals surface area contributed by atoms with E-state index in [1.807, 2.05) is 25.1 Å². The zero-order chi connectivity index (χ0) is 27.4. The summed E-state index contributed by atoms with van der Waals surface area (Å²) >= 11 is 3.56. The largest absolute Gasteiger partial charge is 0.490 e. The highest BCUT2D eigenvalue weighted by Crippen LogP contribution is 2.37. The van der Waals surface area contributed by atoms with Crippen LogP contribution in [0.5, 0.6) is 11.5 Å². The van der Waals surface area contributed by atoms with Gasteiger partial charge in [0.05, 0.1) is 22.2 Å². The number of carbonyl (C=O) groups is 1. The van der Waals surface area contributed by atoms with Crippen molar-refractivity contribution in [3.8, 4) is 11.5 Å². The standard InChI is InChI=1S/C29H22BrN3O6/c1-2-37-26-13-19(12-24(30)28(26)38-17-18-7-8-20-5-3-4-6-21(20)11-18)16-31-32-29(34)27-15-22-14-23(33(35)36)9-10-25(22)39-27/h3-16H,2,17H2,1H3,(H,32,34)/b31-16-. The fourth-order valence-corrected chi connectivity index (χ4v) is 4.60. The van der Waals surface area contributed by atoms with Crippen LogP contribution in [0.3, 0.4) is 0 Å². The number of nitro benzene ring substituents is 1. The predicted octanol–water partition coefficient (Wildman–Crippen LogP) is 7.00. The number of hydrogen-bond acceptors (Lipinski definition) is 7. The average molecular weight is 588 g/mol. The molecule has 0 fully saturated rings. The van der Waals surface area contributed by atoms with E-state index in [-0.39, 0.29) is 11.4 Å². The van der Waals surface area contributed by atoms with Gasteiger partial charge in [-0.15, -0.1) is 0 Å². The summed E-state index contributed by atoms with van der Waals surface area (Å²) in [4.78, 5) is 23.0. The van der Waals surface area contributed by atoms with E-state index < -0.39 is 10.8 Å². The van der Waals surface area contributed by atoms with Crippen LogP contribution in [0.2, 0.25) is 0 Å². The highest BCUT2D eigenvalue weighted by atomic mass is 79.9. The highest BCUT2D eigenvalue weighted by molar-refractivity contribution is 9.10. The number of carbonyl (C=O) groups excluding carboxylic acids is 1. The van der Waals surface area contributed by atoms with Crippen LogP contribution < -0.4 is 14.9 Å². The molecule has 10 heteroatoms. The molecule has 39 heavy (non-hydrogen) atoms. The van der Waals surface area contributed by atoms with Gasteiger partial charge in [-0.1, -0.05) is 36.4 Å². The fourth-order valence-electron chi connectivity index (χ4n) is 4.03. The van der Waals surface area contributed by atoms with Gasteiger partial charge in [-0.3, -0.25) is 14.9 Å². The van der Waals surface area contributed by atoms with Gasteiger partial charge in [0.25, 0.3) is 5.69 Å². The van der Waals surface area contributed by atoms with Crippen molar-refractivity contribution in [3.63, 3.8) is 0 Å². The van der Waals surface area contributed by atoms with E-state index >= 15 is 0 Å². The lowest BCUT2D eigenvalue weighted by Gasteiger charge is -2.15. The molecular formula is C29H22BrN3O6. The molecule has 5 aromatic rings. The van der Waals surface area contributed by atoms with Gasteiger partial charge in [0.1, 0.15) is 12.2 Å². The molecule has 9 nitrogen and oxygen atoms in total. The molecule has 1 heterocycles. The number of ether oxygens (including phenoxy) is 2. The molecule has 0 atom stereocenters. The number of halogens is 1. The quantitative estimate of drug-likeness (QED) is 0.113. The van der Waals surface area contributed by atoms with Crippen LogP contribution in [0.1, 0.15) is 28.6 Å². The summed E-state index contributed by atoms with van der Waals surface area (Å²) < 4.78 is 18.1. The summed E-state index contributed by atoms with van der Waals surface area (Å²) in [5.41, 5.74) is 4.36. The smallest absolute Gasteiger partial charge is 0.307 e. The van der Waals surface area contributed by atoms with E-state index in [1.54, 1.807) is 12.1 Å². The number of amides is 1. The number of hydrazone groups is 1. The van der Waals surface area contributed by atoms with Gasteiger partial charge in [-0.25, -0.2) is 5.43 Å². The second kappa shape index (κ2) is 11.4. The molecule has 1 aromatic heterocycles. The molecule has 196 valence electrons. The number of fused-ring (bicyclic) bond motifs is 2. The first-order chi connectivity index (χ1) is 18.9. The molecule has 0 saturated heterocycles. The number of nitrogens with one attached hydrogen (secondary N) is 1. The number of nitro groups is 1. The van der Waals surface area contributed by atoms with Crippen molar-refractivity contribution in [1.82, 2.24) is 5.43 Å². The summed E-state index contributed by atoms with van der Waals surface area (Å²) in [7, 11) is 0. The van der Waals surface area contributed by atoms with Crippen molar-refractivity contribution in [2.75, 3.05) is 6.61 Å². The van der Waals surface area contributed by atoms with E-state index in [0.717, 1.165) is 16.3 Å². The van der Waals surface area contributed by atoms with Crippen LogP contribution in [-0.2, 0) is 6.61 Å². The van der Waals surface area contributed by atoms with Crippen LogP contribution in [0.15, 0.2) is 92.9 Å². The molecule has 0 aliphatic heterocycles. The van der Waals surface area contributed by atoms with Gasteiger partial charge in [0, 0.05) is 17.5 Å². The molecular weight excluding hydrogens is 566 g/mol. The van der Waals surface area contributed by atoms with Crippen LogP contribution in [0.25, 0.3) is 21.7 Å². The average Bonchev–Trinajstić information content (AvgIpc) is 3.36. The molecule has 4 aromatic carbocycles. The Kier molecular flexibility index (Phi) is 7.55. The lowest BCUT2D eigenvalue weighted by Crippen LogP contribution is -2.16. The Balaban J connectivity index is 1.28. The predicted molar refractivity (Wildman–Crippen MR) is 152 cm³/mol. The summed E-state index contributed by atoms with van der Waals surface area (Å²) in [5.74, 6) is 0.475. The van der Waals surface area contributed by atoms with Crippen molar-refractivity contribution in [2.24, 2.45) is 5.10 Å². The van der Waals surface area contributed by atoms with Crippen molar-refractivity contribution in [3.05, 3.63) is 110 Å². The first kappa shape index (κ1) is 25.9. The second-order valence-corrected chi connectivity index (χ2v) is 9.38. The third-order valence-electron chi connectivity index (χ3n) is 5.84. The molecule has 5 rings (SSSR count). The third-order valence-corrected chi connectivity index (χ3v) is 6.43. The van der Waals surface area contributed by atoms with Crippen molar-refractivity contribution in [1.29, 1.82) is 0 Å². The number of rotatable bonds is 9. The maximum absolute atomic E-state index is 12.5. The minimum absolute atomic E-state index is 0.0173. The number of furan rings is 1. The number of nitrogens with zero attached hydrogens (tertiary/aromatic N) is 2. The Morgan fingerprint density at radius 3 is 2.64 bits per heavy atom. The number of benzene rings is 4. The van der Waals surface area contributed by atoms with Gasteiger partial charge in [0.2, 0.25) is 0 Å². The van der Waals surface area contributed by atoms with E-state index in [0.29, 0.717) is 45.7 Å². The van der Waals surface area contributed by atoms with E-state index in [9.17, 15) is 14.9 Å². The number of hydrogen-bond donors (Lipinski definition) is 1. The first-order valence-electron chi connectivity index (χ1n) is 12.0. The second-order valence-electron chi connectivity index (χ2n) is 8.52. The van der Waals surface area contributed by atoms with E-state index in [1.165, 1.54) is 30.5 Å². The summed E-state index contributed by atoms with van der Waals surface area (Å²) in [6.07, 6.45) is 1.46. The Labute approximate surface area is 231 Å². The monoisotopic (exact) mass is 587 g/mol. The van der Waals surface area contributed by atoms with Gasteiger partial charge in [0.15, 0.2) is 17.3 Å². The van der Waals surface area contributed by atoms with Gasteiger partial charge >= 0.3 is 5.91 Å². The van der Waals surface area contributed by atoms with E-state index in [2.05, 4.69) is 50.7 Å². The maximum Gasteiger partial charge on any atom is 0.307 e. The van der Waals surface area contributed by atoms with Crippen LogP contribution in [-0.4, -0.2) is 23.7 Å². The minimum atomic E-state index is -0.593. The molecule has 0 radical (unpaired) electrons. The zero-order valence-corrected chi connectivity index (χ0v) is 22.3. The normalized spacial score (nSPS) is 11.2. The third kappa shape index (κ3) is 5.91. The Morgan fingerprint density at radius 1 is 1.03 bits per heavy atom. The van der Waals surface area contributed by atoms with Crippen molar-refractivity contribution < 1.29 is 23.6 Å². The molecule has 0 unspecified atom stereocenters. The lowest BCUT2D eigenvalue weighted by molar-refractivity contribution is -0.384. The summed E-state index contributed by atoms with van der Waals surface area (Å²) in [5, 5.41) is 17.7. The molecule has 1 amide bonds. The summed E-state index contributed by atoms with van der Waals surface area (Å²) in [6, 6.07) is 23.4. The lowest BCUT2D eigenvalue weighted by atomic mass is 10.1. The Morgan fingerprint density at radius 2 is 1.85 bits per heavy atom. The first-order valence-corrected chi connectivity index (χ1v) is 12.8. The molecule has 1 N–H and O–H groups in total. The van der Waals surface area contributed by atoms with Gasteiger partial charge < -0.3 is 13.9 Å². The molecule has 0 aliphatic rings. The number of non-ortho nitro benzene ring substituents is 1. The van der Waals surface area contributed by atoms with Crippen LogP contribution >= 0.6 is 15.9 Å². The van der Waals surface area contributed by atoms with Crippen molar-refractivity contribution in [2.45, 2.75) is 13.5 Å². The van der Waals surface area contributed by atoms with Crippen LogP contribution in [0.4, 0.5) is 5.69 Å². The van der Waals surface area contributed by atoms with Gasteiger partial charge in [-0.2, -0.15) is 5.10 Å². The topological polar surface area (TPSA) is 116 Å². The molecule has 0 saturated carbocycles. The molecule has 0 spiro atoms. The Hall–Kier alpha value is -4.70. The Bertz CT molecular complexity index is 1730.